The van der Waals surface area contributed by atoms with Crippen molar-refractivity contribution in [2.75, 3.05) is 7.11 Å². The van der Waals surface area contributed by atoms with Gasteiger partial charge in [-0.1, -0.05) is 20.8 Å². The van der Waals surface area contributed by atoms with E-state index >= 15 is 0 Å². The molecule has 1 aromatic carbocycles. The van der Waals surface area contributed by atoms with Crippen molar-refractivity contribution in [1.29, 1.82) is 0 Å². The van der Waals surface area contributed by atoms with E-state index in [2.05, 4.69) is 26.1 Å². The van der Waals surface area contributed by atoms with Crippen LogP contribution in [0.5, 0.6) is 5.75 Å². The number of nitrogens with one attached hydrogen (secondary N) is 1. The Labute approximate surface area is 109 Å². The van der Waals surface area contributed by atoms with Crippen molar-refractivity contribution >= 4 is 5.91 Å². The van der Waals surface area contributed by atoms with Crippen LogP contribution in [0.3, 0.4) is 0 Å². The zero-order valence-corrected chi connectivity index (χ0v) is 11.5. The van der Waals surface area contributed by atoms with Gasteiger partial charge in [-0.15, -0.1) is 0 Å². The average Bonchev–Trinajstić information content (AvgIpc) is 2.25. The summed E-state index contributed by atoms with van der Waals surface area (Å²) in [5.41, 5.74) is 2.09. The van der Waals surface area contributed by atoms with E-state index in [4.69, 9.17) is 4.74 Å². The van der Waals surface area contributed by atoms with E-state index in [1.54, 1.807) is 7.11 Å². The van der Waals surface area contributed by atoms with Crippen LogP contribution in [0.4, 0.5) is 0 Å². The highest BCUT2D eigenvalue weighted by Crippen LogP contribution is 2.28. The largest absolute Gasteiger partial charge is 0.497 e. The number of carbonyl (C=O) groups excluding carboxylic acids is 1. The summed E-state index contributed by atoms with van der Waals surface area (Å²) in [5.74, 6) is 0.853. The molecule has 3 heteroatoms. The molecule has 1 amide bonds. The fourth-order valence-corrected chi connectivity index (χ4v) is 2.53. The van der Waals surface area contributed by atoms with E-state index in [9.17, 15) is 4.79 Å². The molecule has 0 aromatic heterocycles. The Morgan fingerprint density at radius 2 is 2.11 bits per heavy atom. The molecule has 1 atom stereocenters. The number of methoxy groups -OCH3 is 1. The molecule has 0 spiro atoms. The first-order valence-corrected chi connectivity index (χ1v) is 6.37. The van der Waals surface area contributed by atoms with Gasteiger partial charge in [-0.2, -0.15) is 0 Å². The van der Waals surface area contributed by atoms with Crippen molar-refractivity contribution in [2.24, 2.45) is 5.41 Å². The Balaban J connectivity index is 2.23. The molecule has 98 valence electrons. The van der Waals surface area contributed by atoms with Gasteiger partial charge in [-0.25, -0.2) is 0 Å². The molecule has 1 aromatic rings. The number of carbonyl (C=O) groups is 1. The molecule has 0 bridgehead atoms. The molecule has 3 nitrogen and oxygen atoms in total. The fraction of sp³-hybridized carbons (Fsp3) is 0.533. The van der Waals surface area contributed by atoms with Crippen LogP contribution in [-0.2, 0) is 6.42 Å². The minimum absolute atomic E-state index is 0.0353. The van der Waals surface area contributed by atoms with Crippen LogP contribution in [0.15, 0.2) is 18.2 Å². The number of rotatable bonds is 2. The summed E-state index contributed by atoms with van der Waals surface area (Å²) in [5, 5.41) is 3.09. The van der Waals surface area contributed by atoms with Crippen molar-refractivity contribution in [2.45, 2.75) is 39.7 Å². The van der Waals surface area contributed by atoms with Gasteiger partial charge < -0.3 is 10.1 Å². The van der Waals surface area contributed by atoms with Gasteiger partial charge in [0.2, 0.25) is 0 Å². The molecule has 18 heavy (non-hydrogen) atoms. The monoisotopic (exact) mass is 247 g/mol. The van der Waals surface area contributed by atoms with Crippen molar-refractivity contribution < 1.29 is 9.53 Å². The predicted molar refractivity (Wildman–Crippen MR) is 72.0 cm³/mol. The SMILES string of the molecule is COc1ccc2c(c1)CC(CC(C)(C)C)NC2=O. The second-order valence-corrected chi connectivity index (χ2v) is 6.16. The van der Waals surface area contributed by atoms with Crippen LogP contribution in [0, 0.1) is 5.41 Å². The van der Waals surface area contributed by atoms with E-state index in [1.165, 1.54) is 0 Å². The zero-order chi connectivity index (χ0) is 13.3. The average molecular weight is 247 g/mol. The number of benzene rings is 1. The third kappa shape index (κ3) is 2.84. The summed E-state index contributed by atoms with van der Waals surface area (Å²) < 4.78 is 5.22. The molecule has 0 fully saturated rings. The predicted octanol–water partition coefficient (Wildman–Crippen LogP) is 2.79. The molecular formula is C15H21NO2. The summed E-state index contributed by atoms with van der Waals surface area (Å²) in [4.78, 5) is 12.0. The van der Waals surface area contributed by atoms with Crippen LogP contribution in [0.25, 0.3) is 0 Å². The third-order valence-electron chi connectivity index (χ3n) is 3.22. The van der Waals surface area contributed by atoms with Crippen molar-refractivity contribution in [3.05, 3.63) is 29.3 Å². The molecule has 0 aliphatic carbocycles. The highest BCUT2D eigenvalue weighted by atomic mass is 16.5. The quantitative estimate of drug-likeness (QED) is 0.872. The first-order valence-electron chi connectivity index (χ1n) is 6.37. The summed E-state index contributed by atoms with van der Waals surface area (Å²) in [7, 11) is 1.65. The third-order valence-corrected chi connectivity index (χ3v) is 3.22. The Kier molecular flexibility index (Phi) is 3.33. The van der Waals surface area contributed by atoms with Crippen molar-refractivity contribution in [3.8, 4) is 5.75 Å². The number of amides is 1. The maximum atomic E-state index is 12.0. The van der Waals surface area contributed by atoms with Crippen molar-refractivity contribution in [1.82, 2.24) is 5.32 Å². The molecule has 0 radical (unpaired) electrons. The Bertz CT molecular complexity index is 460. The maximum absolute atomic E-state index is 12.0. The number of hydrogen-bond donors (Lipinski definition) is 1. The molecule has 2 rings (SSSR count). The van der Waals surface area contributed by atoms with Gasteiger partial charge in [0.25, 0.3) is 5.91 Å². The maximum Gasteiger partial charge on any atom is 0.251 e. The topological polar surface area (TPSA) is 38.3 Å². The normalized spacial score (nSPS) is 19.1. The van der Waals surface area contributed by atoms with Gasteiger partial charge in [-0.3, -0.25) is 4.79 Å². The number of fused-ring (bicyclic) bond motifs is 1. The Morgan fingerprint density at radius 3 is 2.72 bits per heavy atom. The highest BCUT2D eigenvalue weighted by Gasteiger charge is 2.27. The van der Waals surface area contributed by atoms with E-state index in [-0.39, 0.29) is 17.4 Å². The van der Waals surface area contributed by atoms with E-state index in [1.807, 2.05) is 18.2 Å². The lowest BCUT2D eigenvalue weighted by atomic mass is 9.83. The molecule has 1 heterocycles. The summed E-state index contributed by atoms with van der Waals surface area (Å²) >= 11 is 0. The van der Waals surface area contributed by atoms with Gasteiger partial charge in [0.1, 0.15) is 5.75 Å². The molecule has 1 aliphatic rings. The van der Waals surface area contributed by atoms with Crippen LogP contribution in [-0.4, -0.2) is 19.1 Å². The van der Waals surface area contributed by atoms with Crippen LogP contribution >= 0.6 is 0 Å². The molecule has 1 N–H and O–H groups in total. The number of ether oxygens (including phenoxy) is 1. The fourth-order valence-electron chi connectivity index (χ4n) is 2.53. The minimum Gasteiger partial charge on any atom is -0.497 e. The lowest BCUT2D eigenvalue weighted by Gasteiger charge is -2.31. The first-order chi connectivity index (χ1) is 8.39. The van der Waals surface area contributed by atoms with Crippen LogP contribution < -0.4 is 10.1 Å². The van der Waals surface area contributed by atoms with Crippen LogP contribution in [0.1, 0.15) is 43.1 Å². The van der Waals surface area contributed by atoms with Gasteiger partial charge in [0.05, 0.1) is 7.11 Å². The Morgan fingerprint density at radius 1 is 1.39 bits per heavy atom. The second-order valence-electron chi connectivity index (χ2n) is 6.16. The second kappa shape index (κ2) is 4.63. The summed E-state index contributed by atoms with van der Waals surface area (Å²) in [6.45, 7) is 6.58. The smallest absolute Gasteiger partial charge is 0.251 e. The lowest BCUT2D eigenvalue weighted by molar-refractivity contribution is 0.0913. The number of hydrogen-bond acceptors (Lipinski definition) is 2. The van der Waals surface area contributed by atoms with E-state index < -0.39 is 0 Å². The lowest BCUT2D eigenvalue weighted by Crippen LogP contribution is -2.43. The zero-order valence-electron chi connectivity index (χ0n) is 11.5. The molecule has 0 saturated carbocycles. The van der Waals surface area contributed by atoms with Gasteiger partial charge in [0, 0.05) is 11.6 Å². The summed E-state index contributed by atoms with van der Waals surface area (Å²) in [6, 6.07) is 5.88. The highest BCUT2D eigenvalue weighted by molar-refractivity contribution is 5.97. The molecule has 1 aliphatic heterocycles. The molecule has 1 unspecified atom stereocenters. The Hall–Kier alpha value is -1.51. The standard InChI is InChI=1S/C15H21NO2/c1-15(2,3)9-11-7-10-8-12(18-4)5-6-13(10)14(17)16-11/h5-6,8,11H,7,9H2,1-4H3,(H,16,17). The van der Waals surface area contributed by atoms with E-state index in [0.717, 1.165) is 29.7 Å². The van der Waals surface area contributed by atoms with E-state index in [0.29, 0.717) is 0 Å². The van der Waals surface area contributed by atoms with Crippen molar-refractivity contribution in [3.63, 3.8) is 0 Å². The van der Waals surface area contributed by atoms with Crippen LogP contribution in [0.2, 0.25) is 0 Å². The first kappa shape index (κ1) is 12.9. The minimum atomic E-state index is 0.0353. The molecular weight excluding hydrogens is 226 g/mol. The van der Waals surface area contributed by atoms with Gasteiger partial charge in [0.15, 0.2) is 0 Å². The van der Waals surface area contributed by atoms with Gasteiger partial charge >= 0.3 is 0 Å². The molecule has 0 saturated heterocycles. The van der Waals surface area contributed by atoms with Gasteiger partial charge in [-0.05, 0) is 42.0 Å². The summed E-state index contributed by atoms with van der Waals surface area (Å²) in [6.07, 6.45) is 1.87.